The molecule has 0 aliphatic heterocycles. The normalized spacial score (nSPS) is 10.3. The zero-order valence-electron chi connectivity index (χ0n) is 8.60. The molecule has 0 atom stereocenters. The molecule has 2 aromatic rings. The molecule has 0 bridgehead atoms. The van der Waals surface area contributed by atoms with Crippen LogP contribution in [0.5, 0.6) is 0 Å². The third-order valence-electron chi connectivity index (χ3n) is 2.12. The summed E-state index contributed by atoms with van der Waals surface area (Å²) in [6, 6.07) is 5.39. The van der Waals surface area contributed by atoms with Gasteiger partial charge in [0.05, 0.1) is 23.5 Å². The van der Waals surface area contributed by atoms with E-state index >= 15 is 0 Å². The number of hydrogen-bond donors (Lipinski definition) is 2. The largest absolute Gasteiger partial charge is 0.399 e. The minimum absolute atomic E-state index is 0.624. The number of aromatic nitrogens is 3. The number of nitrogens with zero attached hydrogens (tertiary/aromatic N) is 3. The quantitative estimate of drug-likeness (QED) is 0.793. The van der Waals surface area contributed by atoms with Gasteiger partial charge < -0.3 is 11.1 Å². The van der Waals surface area contributed by atoms with Crippen molar-refractivity contribution < 1.29 is 0 Å². The second-order valence-electron chi connectivity index (χ2n) is 3.33. The number of rotatable bonds is 4. The monoisotopic (exact) mass is 237 g/mol. The number of nitrogens with two attached hydrogens (primary N) is 1. The summed E-state index contributed by atoms with van der Waals surface area (Å²) in [5.74, 6) is 0. The topological polar surface area (TPSA) is 68.8 Å². The first-order chi connectivity index (χ1) is 7.75. The summed E-state index contributed by atoms with van der Waals surface area (Å²) in [5.41, 5.74) is 7.13. The Balaban J connectivity index is 1.90. The van der Waals surface area contributed by atoms with E-state index in [-0.39, 0.29) is 0 Å². The van der Waals surface area contributed by atoms with E-state index in [1.165, 1.54) is 0 Å². The third kappa shape index (κ3) is 2.64. The molecule has 3 N–H and O–H groups in total. The molecule has 0 saturated heterocycles. The van der Waals surface area contributed by atoms with Crippen LogP contribution in [0.1, 0.15) is 0 Å². The Morgan fingerprint density at radius 1 is 1.44 bits per heavy atom. The van der Waals surface area contributed by atoms with E-state index in [2.05, 4.69) is 15.6 Å². The highest BCUT2D eigenvalue weighted by Crippen LogP contribution is 2.23. The van der Waals surface area contributed by atoms with Crippen LogP contribution in [0.25, 0.3) is 0 Å². The highest BCUT2D eigenvalue weighted by Gasteiger charge is 1.99. The smallest absolute Gasteiger partial charge is 0.0692 e. The molecule has 0 aliphatic rings. The number of hydrogen-bond acceptors (Lipinski definition) is 4. The molecular formula is C10H12ClN5. The summed E-state index contributed by atoms with van der Waals surface area (Å²) in [6.07, 6.45) is 3.46. The minimum Gasteiger partial charge on any atom is -0.399 e. The predicted octanol–water partition coefficient (Wildman–Crippen LogP) is 1.63. The van der Waals surface area contributed by atoms with Gasteiger partial charge in [-0.2, -0.15) is 0 Å². The molecule has 0 unspecified atom stereocenters. The molecule has 84 valence electrons. The molecule has 1 aromatic heterocycles. The lowest BCUT2D eigenvalue weighted by molar-refractivity contribution is 0.609. The van der Waals surface area contributed by atoms with Crippen LogP contribution in [-0.4, -0.2) is 21.5 Å². The minimum atomic E-state index is 0.624. The number of nitrogens with one attached hydrogen (secondary N) is 1. The van der Waals surface area contributed by atoms with Crippen LogP contribution in [0.15, 0.2) is 30.6 Å². The molecule has 0 saturated carbocycles. The molecule has 16 heavy (non-hydrogen) atoms. The maximum atomic E-state index is 6.01. The van der Waals surface area contributed by atoms with Gasteiger partial charge >= 0.3 is 0 Å². The van der Waals surface area contributed by atoms with Gasteiger partial charge in [-0.25, -0.2) is 0 Å². The van der Waals surface area contributed by atoms with Crippen molar-refractivity contribution in [3.8, 4) is 0 Å². The Bertz CT molecular complexity index is 454. The van der Waals surface area contributed by atoms with E-state index in [0.717, 1.165) is 18.8 Å². The summed E-state index contributed by atoms with van der Waals surface area (Å²) in [4.78, 5) is 0. The van der Waals surface area contributed by atoms with Crippen LogP contribution >= 0.6 is 11.6 Å². The van der Waals surface area contributed by atoms with Crippen molar-refractivity contribution in [2.75, 3.05) is 17.6 Å². The van der Waals surface area contributed by atoms with Crippen LogP contribution in [0.3, 0.4) is 0 Å². The van der Waals surface area contributed by atoms with Gasteiger partial charge in [0.2, 0.25) is 0 Å². The molecule has 6 heteroatoms. The zero-order valence-corrected chi connectivity index (χ0v) is 9.35. The Hall–Kier alpha value is -1.75. The summed E-state index contributed by atoms with van der Waals surface area (Å²) in [7, 11) is 0. The molecule has 1 aromatic carbocycles. The Labute approximate surface area is 98.2 Å². The maximum absolute atomic E-state index is 6.01. The highest BCUT2D eigenvalue weighted by atomic mass is 35.5. The van der Waals surface area contributed by atoms with Crippen LogP contribution in [0, 0.1) is 0 Å². The SMILES string of the molecule is Nc1ccc(NCCn2ccnn2)c(Cl)c1. The number of nitrogen functional groups attached to an aromatic ring is 1. The summed E-state index contributed by atoms with van der Waals surface area (Å²) < 4.78 is 1.75. The average molecular weight is 238 g/mol. The lowest BCUT2D eigenvalue weighted by Crippen LogP contribution is -2.11. The van der Waals surface area contributed by atoms with Crippen molar-refractivity contribution in [3.63, 3.8) is 0 Å². The van der Waals surface area contributed by atoms with E-state index in [0.29, 0.717) is 10.7 Å². The first kappa shape index (κ1) is 10.8. The van der Waals surface area contributed by atoms with Crippen LogP contribution < -0.4 is 11.1 Å². The highest BCUT2D eigenvalue weighted by molar-refractivity contribution is 6.33. The van der Waals surface area contributed by atoms with Crippen molar-refractivity contribution in [2.24, 2.45) is 0 Å². The van der Waals surface area contributed by atoms with Crippen LogP contribution in [0.4, 0.5) is 11.4 Å². The van der Waals surface area contributed by atoms with Crippen molar-refractivity contribution in [1.29, 1.82) is 0 Å². The lowest BCUT2D eigenvalue weighted by Gasteiger charge is -2.08. The fourth-order valence-corrected chi connectivity index (χ4v) is 1.59. The van der Waals surface area contributed by atoms with Crippen LogP contribution in [0.2, 0.25) is 5.02 Å². The van der Waals surface area contributed by atoms with Gasteiger partial charge in [0.25, 0.3) is 0 Å². The van der Waals surface area contributed by atoms with Gasteiger partial charge in [-0.3, -0.25) is 4.68 Å². The second-order valence-corrected chi connectivity index (χ2v) is 3.74. The van der Waals surface area contributed by atoms with Crippen molar-refractivity contribution in [1.82, 2.24) is 15.0 Å². The van der Waals surface area contributed by atoms with Gasteiger partial charge in [0.15, 0.2) is 0 Å². The second kappa shape index (κ2) is 4.85. The standard InChI is InChI=1S/C10H12ClN5/c11-9-7-8(12)1-2-10(9)13-3-5-16-6-4-14-15-16/h1-2,4,6-7,13H,3,5,12H2. The Morgan fingerprint density at radius 3 is 3.00 bits per heavy atom. The Kier molecular flexibility index (Phi) is 3.26. The number of anilines is 2. The van der Waals surface area contributed by atoms with Gasteiger partial charge in [-0.1, -0.05) is 16.8 Å². The predicted molar refractivity (Wildman–Crippen MR) is 64.4 cm³/mol. The van der Waals surface area contributed by atoms with Gasteiger partial charge in [-0.15, -0.1) is 5.10 Å². The molecule has 2 rings (SSSR count). The molecule has 0 amide bonds. The van der Waals surface area contributed by atoms with E-state index in [1.54, 1.807) is 16.9 Å². The molecule has 0 fully saturated rings. The lowest BCUT2D eigenvalue weighted by atomic mass is 10.3. The zero-order chi connectivity index (χ0) is 11.4. The van der Waals surface area contributed by atoms with Gasteiger partial charge in [-0.05, 0) is 18.2 Å². The van der Waals surface area contributed by atoms with Crippen molar-refractivity contribution in [3.05, 3.63) is 35.6 Å². The van der Waals surface area contributed by atoms with Gasteiger partial charge in [0, 0.05) is 18.4 Å². The first-order valence-electron chi connectivity index (χ1n) is 4.89. The number of halogens is 1. The molecule has 5 nitrogen and oxygen atoms in total. The van der Waals surface area contributed by atoms with E-state index in [1.807, 2.05) is 18.3 Å². The molecule has 0 spiro atoms. The third-order valence-corrected chi connectivity index (χ3v) is 2.43. The Morgan fingerprint density at radius 2 is 2.31 bits per heavy atom. The summed E-state index contributed by atoms with van der Waals surface area (Å²) >= 11 is 6.01. The van der Waals surface area contributed by atoms with E-state index in [4.69, 9.17) is 17.3 Å². The maximum Gasteiger partial charge on any atom is 0.0692 e. The fourth-order valence-electron chi connectivity index (χ4n) is 1.33. The number of benzene rings is 1. The summed E-state index contributed by atoms with van der Waals surface area (Å²) in [6.45, 7) is 1.47. The summed E-state index contributed by atoms with van der Waals surface area (Å²) in [5, 5.41) is 11.4. The fraction of sp³-hybridized carbons (Fsp3) is 0.200. The van der Waals surface area contributed by atoms with Gasteiger partial charge in [0.1, 0.15) is 0 Å². The molecular weight excluding hydrogens is 226 g/mol. The first-order valence-corrected chi connectivity index (χ1v) is 5.26. The van der Waals surface area contributed by atoms with Crippen LogP contribution in [-0.2, 0) is 6.54 Å². The molecule has 0 radical (unpaired) electrons. The van der Waals surface area contributed by atoms with E-state index in [9.17, 15) is 0 Å². The average Bonchev–Trinajstić information content (AvgIpc) is 2.74. The van der Waals surface area contributed by atoms with Crippen molar-refractivity contribution >= 4 is 23.0 Å². The van der Waals surface area contributed by atoms with E-state index < -0.39 is 0 Å². The molecule has 1 heterocycles. The molecule has 0 aliphatic carbocycles. The van der Waals surface area contributed by atoms with Crippen molar-refractivity contribution in [2.45, 2.75) is 6.54 Å².